The van der Waals surface area contributed by atoms with Gasteiger partial charge in [0, 0.05) is 12.1 Å². The summed E-state index contributed by atoms with van der Waals surface area (Å²) >= 11 is 1.38. The maximum Gasteiger partial charge on any atom is 0.344 e. The molecule has 2 rings (SSSR count). The Hall–Kier alpha value is -0.790. The number of hydrogen-bond donors (Lipinski definition) is 3. The molecule has 0 aromatic carbocycles. The van der Waals surface area contributed by atoms with E-state index >= 15 is 0 Å². The molecule has 1 aliphatic rings. The third-order valence-corrected chi connectivity index (χ3v) is 4.27. The Morgan fingerprint density at radius 3 is 2.94 bits per heavy atom. The average molecular weight is 258 g/mol. The summed E-state index contributed by atoms with van der Waals surface area (Å²) in [4.78, 5) is 11.6. The van der Waals surface area contributed by atoms with Crippen LogP contribution in [0, 0.1) is 0 Å². The first-order chi connectivity index (χ1) is 8.17. The van der Waals surface area contributed by atoms with Crippen molar-refractivity contribution in [3.8, 4) is 0 Å². The second-order valence-corrected chi connectivity index (χ2v) is 5.53. The van der Waals surface area contributed by atoms with Crippen molar-refractivity contribution in [3.63, 3.8) is 0 Å². The molecule has 96 valence electrons. The van der Waals surface area contributed by atoms with Crippen molar-refractivity contribution in [3.05, 3.63) is 10.5 Å². The topological polar surface area (TPSA) is 96.9 Å². The molecule has 0 amide bonds. The summed E-state index contributed by atoms with van der Waals surface area (Å²) in [7, 11) is 0. The Kier molecular flexibility index (Phi) is 3.90. The molecular formula is C10H18N4O2S. The van der Waals surface area contributed by atoms with Gasteiger partial charge in [-0.25, -0.2) is 9.89 Å². The number of hydrogen-bond acceptors (Lipinski definition) is 5. The van der Waals surface area contributed by atoms with E-state index < -0.39 is 0 Å². The maximum atomic E-state index is 11.6. The highest BCUT2D eigenvalue weighted by Gasteiger charge is 2.30. The van der Waals surface area contributed by atoms with Crippen LogP contribution in [-0.4, -0.2) is 37.8 Å². The maximum absolute atomic E-state index is 11.6. The van der Waals surface area contributed by atoms with Crippen molar-refractivity contribution in [1.82, 2.24) is 14.8 Å². The molecule has 6 nitrogen and oxygen atoms in total. The Balaban J connectivity index is 2.14. The van der Waals surface area contributed by atoms with Gasteiger partial charge in [-0.1, -0.05) is 18.7 Å². The van der Waals surface area contributed by atoms with Crippen LogP contribution in [-0.2, 0) is 0 Å². The molecule has 7 heteroatoms. The molecule has 17 heavy (non-hydrogen) atoms. The average Bonchev–Trinajstić information content (AvgIpc) is 3.10. The summed E-state index contributed by atoms with van der Waals surface area (Å²) in [6.07, 6.45) is 2.84. The minimum Gasteiger partial charge on any atom is -0.395 e. The second kappa shape index (κ2) is 5.24. The molecule has 2 unspecified atom stereocenters. The molecule has 2 atom stereocenters. The molecule has 0 aliphatic heterocycles. The van der Waals surface area contributed by atoms with E-state index in [9.17, 15) is 9.90 Å². The highest BCUT2D eigenvalue weighted by Crippen LogP contribution is 2.37. The number of H-pyrrole nitrogens is 1. The molecule has 1 fully saturated rings. The summed E-state index contributed by atoms with van der Waals surface area (Å²) in [6, 6.07) is 0.186. The van der Waals surface area contributed by atoms with Gasteiger partial charge in [-0.15, -0.1) is 5.10 Å². The van der Waals surface area contributed by atoms with E-state index in [0.29, 0.717) is 5.16 Å². The third kappa shape index (κ3) is 2.72. The predicted octanol–water partition coefficient (Wildman–Crippen LogP) is 0.0966. The number of aliphatic hydroxyl groups excluding tert-OH is 1. The van der Waals surface area contributed by atoms with Gasteiger partial charge in [-0.3, -0.25) is 4.57 Å². The second-order valence-electron chi connectivity index (χ2n) is 4.32. The first-order valence-corrected chi connectivity index (χ1v) is 6.75. The molecule has 1 heterocycles. The molecule has 4 N–H and O–H groups in total. The van der Waals surface area contributed by atoms with Crippen molar-refractivity contribution in [1.29, 1.82) is 0 Å². The zero-order valence-electron chi connectivity index (χ0n) is 9.80. The lowest BCUT2D eigenvalue weighted by molar-refractivity contribution is 0.280. The Morgan fingerprint density at radius 1 is 1.71 bits per heavy atom. The summed E-state index contributed by atoms with van der Waals surface area (Å²) in [5.74, 6) is 0. The minimum absolute atomic E-state index is 0.00854. The normalized spacial score (nSPS) is 19.2. The van der Waals surface area contributed by atoms with Gasteiger partial charge in [0.05, 0.1) is 11.9 Å². The van der Waals surface area contributed by atoms with E-state index in [-0.39, 0.29) is 29.6 Å². The summed E-state index contributed by atoms with van der Waals surface area (Å²) < 4.78 is 1.68. The fourth-order valence-electron chi connectivity index (χ4n) is 1.69. The number of nitrogens with zero attached hydrogens (tertiary/aromatic N) is 2. The quantitative estimate of drug-likeness (QED) is 0.629. The predicted molar refractivity (Wildman–Crippen MR) is 66.1 cm³/mol. The van der Waals surface area contributed by atoms with Crippen LogP contribution in [0.3, 0.4) is 0 Å². The molecule has 1 aliphatic carbocycles. The van der Waals surface area contributed by atoms with Crippen molar-refractivity contribution in [2.24, 2.45) is 5.73 Å². The SMILES string of the molecule is CCC(N)C(CO)Sc1n[nH]c(=O)n1C1CC1. The molecule has 0 bridgehead atoms. The van der Waals surface area contributed by atoms with Crippen LogP contribution < -0.4 is 11.4 Å². The number of nitrogens with one attached hydrogen (secondary N) is 1. The van der Waals surface area contributed by atoms with E-state index in [4.69, 9.17) is 5.73 Å². The van der Waals surface area contributed by atoms with Gasteiger partial charge in [0.15, 0.2) is 5.16 Å². The lowest BCUT2D eigenvalue weighted by Crippen LogP contribution is -2.34. The first kappa shape index (κ1) is 12.7. The van der Waals surface area contributed by atoms with Crippen molar-refractivity contribution < 1.29 is 5.11 Å². The van der Waals surface area contributed by atoms with Gasteiger partial charge in [0.1, 0.15) is 0 Å². The molecule has 0 spiro atoms. The van der Waals surface area contributed by atoms with Gasteiger partial charge in [0.25, 0.3) is 0 Å². The van der Waals surface area contributed by atoms with Gasteiger partial charge < -0.3 is 10.8 Å². The van der Waals surface area contributed by atoms with Crippen molar-refractivity contribution in [2.75, 3.05) is 6.61 Å². The third-order valence-electron chi connectivity index (χ3n) is 2.97. The number of thioether (sulfide) groups is 1. The van der Waals surface area contributed by atoms with E-state index in [1.54, 1.807) is 4.57 Å². The lowest BCUT2D eigenvalue weighted by Gasteiger charge is -2.19. The number of aromatic nitrogens is 3. The summed E-state index contributed by atoms with van der Waals surface area (Å²) in [5.41, 5.74) is 5.75. The first-order valence-electron chi connectivity index (χ1n) is 5.87. The molecule has 1 aromatic heterocycles. The fourth-order valence-corrected chi connectivity index (χ4v) is 2.84. The highest BCUT2D eigenvalue weighted by molar-refractivity contribution is 7.99. The number of nitrogens with two attached hydrogens (primary N) is 1. The molecular weight excluding hydrogens is 240 g/mol. The molecule has 0 radical (unpaired) electrons. The van der Waals surface area contributed by atoms with E-state index in [1.165, 1.54) is 11.8 Å². The van der Waals surface area contributed by atoms with E-state index in [0.717, 1.165) is 19.3 Å². The Bertz CT molecular complexity index is 426. The number of rotatable bonds is 6. The van der Waals surface area contributed by atoms with Crippen LogP contribution in [0.2, 0.25) is 0 Å². The van der Waals surface area contributed by atoms with Crippen LogP contribution in [0.1, 0.15) is 32.2 Å². The fraction of sp³-hybridized carbons (Fsp3) is 0.800. The zero-order chi connectivity index (χ0) is 12.4. The van der Waals surface area contributed by atoms with Crippen LogP contribution in [0.4, 0.5) is 0 Å². The standard InChI is InChI=1S/C10H18N4O2S/c1-2-7(11)8(5-15)17-10-13-12-9(16)14(10)6-3-4-6/h6-8,15H,2-5,11H2,1H3,(H,12,16). The van der Waals surface area contributed by atoms with E-state index in [2.05, 4.69) is 10.2 Å². The summed E-state index contributed by atoms with van der Waals surface area (Å²) in [6.45, 7) is 1.97. The largest absolute Gasteiger partial charge is 0.395 e. The Morgan fingerprint density at radius 2 is 2.41 bits per heavy atom. The van der Waals surface area contributed by atoms with Gasteiger partial charge in [-0.05, 0) is 19.3 Å². The van der Waals surface area contributed by atoms with Gasteiger partial charge in [0.2, 0.25) is 0 Å². The monoisotopic (exact) mass is 258 g/mol. The number of aliphatic hydroxyl groups is 1. The van der Waals surface area contributed by atoms with Crippen molar-refractivity contribution >= 4 is 11.8 Å². The minimum atomic E-state index is -0.170. The smallest absolute Gasteiger partial charge is 0.344 e. The van der Waals surface area contributed by atoms with Crippen LogP contribution in [0.5, 0.6) is 0 Å². The number of aromatic amines is 1. The van der Waals surface area contributed by atoms with Crippen LogP contribution in [0.25, 0.3) is 0 Å². The van der Waals surface area contributed by atoms with Crippen LogP contribution in [0.15, 0.2) is 9.95 Å². The molecule has 1 aromatic rings. The van der Waals surface area contributed by atoms with E-state index in [1.807, 2.05) is 6.92 Å². The van der Waals surface area contributed by atoms with Crippen molar-refractivity contribution in [2.45, 2.75) is 48.7 Å². The highest BCUT2D eigenvalue weighted by atomic mass is 32.2. The summed E-state index contributed by atoms with van der Waals surface area (Å²) in [5, 5.41) is 16.3. The zero-order valence-corrected chi connectivity index (χ0v) is 10.6. The molecule has 0 saturated heterocycles. The lowest BCUT2D eigenvalue weighted by atomic mass is 10.2. The van der Waals surface area contributed by atoms with Gasteiger partial charge in [-0.2, -0.15) is 0 Å². The van der Waals surface area contributed by atoms with Crippen LogP contribution >= 0.6 is 11.8 Å². The van der Waals surface area contributed by atoms with Gasteiger partial charge >= 0.3 is 5.69 Å². The molecule has 1 saturated carbocycles. The Labute approximate surface area is 104 Å².